The number of rotatable bonds is 4. The van der Waals surface area contributed by atoms with E-state index in [1.165, 1.54) is 0 Å². The van der Waals surface area contributed by atoms with Gasteiger partial charge >= 0.3 is 0 Å². The molecule has 0 amide bonds. The lowest BCUT2D eigenvalue weighted by Crippen LogP contribution is -1.96. The smallest absolute Gasteiger partial charge is 0.161 e. The van der Waals surface area contributed by atoms with Crippen LogP contribution in [0.1, 0.15) is 11.1 Å². The molecule has 1 N–H and O–H groups in total. The van der Waals surface area contributed by atoms with Gasteiger partial charge in [0.25, 0.3) is 0 Å². The molecular formula is C15H13NO2. The van der Waals surface area contributed by atoms with Crippen LogP contribution in [0, 0.1) is 11.3 Å². The van der Waals surface area contributed by atoms with Gasteiger partial charge in [0.05, 0.1) is 12.5 Å². The molecule has 3 nitrogen and oxygen atoms in total. The molecule has 0 aliphatic heterocycles. The van der Waals surface area contributed by atoms with Crippen LogP contribution in [0.2, 0.25) is 0 Å². The predicted molar refractivity (Wildman–Crippen MR) is 68.2 cm³/mol. The number of hydrogen-bond donors (Lipinski definition) is 1. The lowest BCUT2D eigenvalue weighted by atomic mass is 10.1. The van der Waals surface area contributed by atoms with Crippen molar-refractivity contribution in [2.24, 2.45) is 0 Å². The molecule has 0 aliphatic rings. The number of phenols is 1. The Morgan fingerprint density at radius 2 is 1.83 bits per heavy atom. The van der Waals surface area contributed by atoms with Crippen LogP contribution in [0.4, 0.5) is 0 Å². The molecule has 0 fully saturated rings. The molecule has 0 saturated heterocycles. The number of nitriles is 1. The van der Waals surface area contributed by atoms with E-state index >= 15 is 0 Å². The van der Waals surface area contributed by atoms with Gasteiger partial charge in [-0.15, -0.1) is 0 Å². The van der Waals surface area contributed by atoms with Crippen LogP contribution in [-0.2, 0) is 13.0 Å². The van der Waals surface area contributed by atoms with Crippen molar-refractivity contribution in [3.05, 3.63) is 59.7 Å². The largest absolute Gasteiger partial charge is 0.504 e. The predicted octanol–water partition coefficient (Wildman–Crippen LogP) is 3.04. The summed E-state index contributed by atoms with van der Waals surface area (Å²) in [5.41, 5.74) is 1.86. The maximum absolute atomic E-state index is 9.67. The molecule has 0 aromatic heterocycles. The molecule has 18 heavy (non-hydrogen) atoms. The first-order chi connectivity index (χ1) is 8.79. The van der Waals surface area contributed by atoms with E-state index in [1.807, 2.05) is 30.3 Å². The maximum atomic E-state index is 9.67. The molecule has 2 rings (SSSR count). The van der Waals surface area contributed by atoms with Crippen molar-refractivity contribution in [1.82, 2.24) is 0 Å². The third-order valence-electron chi connectivity index (χ3n) is 2.54. The molecule has 90 valence electrons. The van der Waals surface area contributed by atoms with Crippen LogP contribution < -0.4 is 4.74 Å². The highest BCUT2D eigenvalue weighted by atomic mass is 16.5. The van der Waals surface area contributed by atoms with E-state index in [1.54, 1.807) is 18.2 Å². The van der Waals surface area contributed by atoms with Crippen molar-refractivity contribution in [1.29, 1.82) is 5.26 Å². The van der Waals surface area contributed by atoms with E-state index in [2.05, 4.69) is 6.07 Å². The fourth-order valence-electron chi connectivity index (χ4n) is 1.61. The third-order valence-corrected chi connectivity index (χ3v) is 2.54. The molecular weight excluding hydrogens is 226 g/mol. The van der Waals surface area contributed by atoms with Crippen molar-refractivity contribution < 1.29 is 9.84 Å². The van der Waals surface area contributed by atoms with Gasteiger partial charge < -0.3 is 9.84 Å². The lowest BCUT2D eigenvalue weighted by Gasteiger charge is -2.09. The Hall–Kier alpha value is -2.47. The monoisotopic (exact) mass is 239 g/mol. The number of aromatic hydroxyl groups is 1. The summed E-state index contributed by atoms with van der Waals surface area (Å²) in [4.78, 5) is 0. The fraction of sp³-hybridized carbons (Fsp3) is 0.133. The summed E-state index contributed by atoms with van der Waals surface area (Å²) in [5, 5.41) is 18.3. The Labute approximate surface area is 106 Å². The SMILES string of the molecule is N#CCc1ccc(O)c(OCc2ccccc2)c1. The van der Waals surface area contributed by atoms with E-state index in [-0.39, 0.29) is 5.75 Å². The molecule has 0 bridgehead atoms. The molecule has 2 aromatic rings. The summed E-state index contributed by atoms with van der Waals surface area (Å²) in [6.07, 6.45) is 0.308. The summed E-state index contributed by atoms with van der Waals surface area (Å²) in [6, 6.07) is 16.7. The van der Waals surface area contributed by atoms with Crippen LogP contribution in [-0.4, -0.2) is 5.11 Å². The van der Waals surface area contributed by atoms with Crippen molar-refractivity contribution in [2.75, 3.05) is 0 Å². The summed E-state index contributed by atoms with van der Waals surface area (Å²) in [6.45, 7) is 0.393. The second-order valence-corrected chi connectivity index (χ2v) is 3.91. The molecule has 0 unspecified atom stereocenters. The first-order valence-electron chi connectivity index (χ1n) is 5.65. The first-order valence-corrected chi connectivity index (χ1v) is 5.65. The number of benzene rings is 2. The zero-order chi connectivity index (χ0) is 12.8. The number of ether oxygens (including phenoxy) is 1. The van der Waals surface area contributed by atoms with Crippen LogP contribution >= 0.6 is 0 Å². The van der Waals surface area contributed by atoms with Crippen LogP contribution in [0.15, 0.2) is 48.5 Å². The molecule has 3 heteroatoms. The zero-order valence-corrected chi connectivity index (χ0v) is 9.84. The minimum absolute atomic E-state index is 0.0904. The van der Waals surface area contributed by atoms with Gasteiger partial charge in [-0.2, -0.15) is 5.26 Å². The van der Waals surface area contributed by atoms with E-state index in [9.17, 15) is 5.11 Å². The highest BCUT2D eigenvalue weighted by Crippen LogP contribution is 2.27. The van der Waals surface area contributed by atoms with Gasteiger partial charge in [-0.3, -0.25) is 0 Å². The molecule has 0 radical (unpaired) electrons. The van der Waals surface area contributed by atoms with Crippen molar-refractivity contribution in [3.63, 3.8) is 0 Å². The standard InChI is InChI=1S/C15H13NO2/c16-9-8-12-6-7-14(17)15(10-12)18-11-13-4-2-1-3-5-13/h1-7,10,17H,8,11H2. The second-order valence-electron chi connectivity index (χ2n) is 3.91. The average molecular weight is 239 g/mol. The van der Waals surface area contributed by atoms with Crippen molar-refractivity contribution in [3.8, 4) is 17.6 Å². The van der Waals surface area contributed by atoms with Gasteiger partial charge in [-0.1, -0.05) is 36.4 Å². The summed E-state index contributed by atoms with van der Waals surface area (Å²) in [7, 11) is 0. The molecule has 2 aromatic carbocycles. The molecule has 0 spiro atoms. The Bertz CT molecular complexity index is 558. The highest BCUT2D eigenvalue weighted by Gasteiger charge is 2.04. The quantitative estimate of drug-likeness (QED) is 0.892. The van der Waals surface area contributed by atoms with Crippen LogP contribution in [0.3, 0.4) is 0 Å². The van der Waals surface area contributed by atoms with Gasteiger partial charge in [0.1, 0.15) is 6.61 Å². The van der Waals surface area contributed by atoms with Gasteiger partial charge in [0, 0.05) is 0 Å². The van der Waals surface area contributed by atoms with Crippen molar-refractivity contribution >= 4 is 0 Å². The minimum atomic E-state index is 0.0904. The Morgan fingerprint density at radius 1 is 1.06 bits per heavy atom. The number of phenolic OH excluding ortho intramolecular Hbond substituents is 1. The van der Waals surface area contributed by atoms with Crippen molar-refractivity contribution in [2.45, 2.75) is 13.0 Å². The Kier molecular flexibility index (Phi) is 3.83. The second kappa shape index (κ2) is 5.74. The van der Waals surface area contributed by atoms with Crippen LogP contribution in [0.25, 0.3) is 0 Å². The summed E-state index contributed by atoms with van der Waals surface area (Å²) in [5.74, 6) is 0.499. The van der Waals surface area contributed by atoms with Gasteiger partial charge in [-0.25, -0.2) is 0 Å². The number of nitrogens with zero attached hydrogens (tertiary/aromatic N) is 1. The molecule has 0 heterocycles. The van der Waals surface area contributed by atoms with Gasteiger partial charge in [-0.05, 0) is 23.3 Å². The highest BCUT2D eigenvalue weighted by molar-refractivity contribution is 5.42. The third kappa shape index (κ3) is 3.02. The molecule has 0 saturated carbocycles. The zero-order valence-electron chi connectivity index (χ0n) is 9.84. The topological polar surface area (TPSA) is 53.2 Å². The Morgan fingerprint density at radius 3 is 2.56 bits per heavy atom. The summed E-state index contributed by atoms with van der Waals surface area (Å²) >= 11 is 0. The minimum Gasteiger partial charge on any atom is -0.504 e. The first kappa shape index (κ1) is 12.0. The Balaban J connectivity index is 2.09. The molecule has 0 aliphatic carbocycles. The van der Waals surface area contributed by atoms with Gasteiger partial charge in [0.2, 0.25) is 0 Å². The van der Waals surface area contributed by atoms with E-state index in [0.29, 0.717) is 18.8 Å². The fourth-order valence-corrected chi connectivity index (χ4v) is 1.61. The maximum Gasteiger partial charge on any atom is 0.161 e. The van der Waals surface area contributed by atoms with E-state index in [0.717, 1.165) is 11.1 Å². The average Bonchev–Trinajstić information content (AvgIpc) is 2.41. The lowest BCUT2D eigenvalue weighted by molar-refractivity contribution is 0.289. The summed E-state index contributed by atoms with van der Waals surface area (Å²) < 4.78 is 5.55. The van der Waals surface area contributed by atoms with Gasteiger partial charge in [0.15, 0.2) is 11.5 Å². The number of hydrogen-bond acceptors (Lipinski definition) is 3. The molecule has 0 atom stereocenters. The van der Waals surface area contributed by atoms with E-state index < -0.39 is 0 Å². The normalized spacial score (nSPS) is 9.72. The van der Waals surface area contributed by atoms with Crippen LogP contribution in [0.5, 0.6) is 11.5 Å². The van der Waals surface area contributed by atoms with E-state index in [4.69, 9.17) is 10.00 Å².